The molecule has 0 atom stereocenters. The van der Waals surface area contributed by atoms with Gasteiger partial charge in [0.15, 0.2) is 0 Å². The van der Waals surface area contributed by atoms with Crippen LogP contribution in [0.3, 0.4) is 0 Å². The van der Waals surface area contributed by atoms with Gasteiger partial charge in [0.25, 0.3) is 0 Å². The van der Waals surface area contributed by atoms with Crippen molar-refractivity contribution in [2.45, 2.75) is 19.3 Å². The molecule has 1 aliphatic rings. The molecule has 3 heteroatoms. The summed E-state index contributed by atoms with van der Waals surface area (Å²) in [5.41, 5.74) is 1.42. The van der Waals surface area contributed by atoms with E-state index in [4.69, 9.17) is 4.74 Å². The number of benzene rings is 1. The minimum Gasteiger partial charge on any atom is -0.497 e. The molecular formula is C12H15BrO2. The van der Waals surface area contributed by atoms with Gasteiger partial charge in [0.2, 0.25) is 0 Å². The smallest absolute Gasteiger partial charge is 0.120 e. The highest BCUT2D eigenvalue weighted by Gasteiger charge is 2.42. The monoisotopic (exact) mass is 270 g/mol. The van der Waals surface area contributed by atoms with Crippen LogP contribution in [0.1, 0.15) is 18.4 Å². The molecule has 0 aromatic heterocycles. The van der Waals surface area contributed by atoms with Crippen molar-refractivity contribution in [2.75, 3.05) is 13.7 Å². The van der Waals surface area contributed by atoms with Crippen molar-refractivity contribution in [1.29, 1.82) is 0 Å². The van der Waals surface area contributed by atoms with Crippen molar-refractivity contribution in [3.8, 4) is 5.75 Å². The maximum absolute atomic E-state index is 9.27. The zero-order valence-electron chi connectivity index (χ0n) is 8.79. The summed E-state index contributed by atoms with van der Waals surface area (Å²) >= 11 is 3.54. The first-order chi connectivity index (χ1) is 7.19. The molecule has 0 radical (unpaired) electrons. The Kier molecular flexibility index (Phi) is 3.03. The summed E-state index contributed by atoms with van der Waals surface area (Å²) in [4.78, 5) is 0. The lowest BCUT2D eigenvalue weighted by molar-refractivity contribution is 0.211. The number of hydrogen-bond acceptors (Lipinski definition) is 2. The van der Waals surface area contributed by atoms with Crippen molar-refractivity contribution in [3.63, 3.8) is 0 Å². The van der Waals surface area contributed by atoms with Crippen LogP contribution in [0, 0.1) is 5.41 Å². The number of hydrogen-bond donors (Lipinski definition) is 1. The van der Waals surface area contributed by atoms with Gasteiger partial charge < -0.3 is 9.84 Å². The summed E-state index contributed by atoms with van der Waals surface area (Å²) in [6.07, 6.45) is 3.23. The van der Waals surface area contributed by atoms with Crippen LogP contribution in [-0.2, 0) is 6.42 Å². The van der Waals surface area contributed by atoms with Gasteiger partial charge in [-0.05, 0) is 42.4 Å². The van der Waals surface area contributed by atoms with Gasteiger partial charge in [-0.3, -0.25) is 0 Å². The van der Waals surface area contributed by atoms with Crippen molar-refractivity contribution >= 4 is 15.9 Å². The van der Waals surface area contributed by atoms with Gasteiger partial charge in [-0.25, -0.2) is 0 Å². The van der Waals surface area contributed by atoms with E-state index in [0.29, 0.717) is 6.61 Å². The fourth-order valence-corrected chi connectivity index (χ4v) is 2.27. The Morgan fingerprint density at radius 1 is 1.47 bits per heavy atom. The molecule has 1 aromatic carbocycles. The number of aliphatic hydroxyl groups excluding tert-OH is 1. The lowest BCUT2D eigenvalue weighted by Gasteiger charge is -2.13. The third kappa shape index (κ3) is 2.34. The van der Waals surface area contributed by atoms with E-state index in [1.165, 1.54) is 5.56 Å². The fraction of sp³-hybridized carbons (Fsp3) is 0.500. The van der Waals surface area contributed by atoms with E-state index < -0.39 is 0 Å². The summed E-state index contributed by atoms with van der Waals surface area (Å²) in [5.74, 6) is 0.861. The van der Waals surface area contributed by atoms with E-state index in [1.807, 2.05) is 12.1 Å². The van der Waals surface area contributed by atoms with E-state index in [2.05, 4.69) is 22.0 Å². The van der Waals surface area contributed by atoms with Crippen LogP contribution in [-0.4, -0.2) is 18.8 Å². The number of methoxy groups -OCH3 is 1. The normalized spacial score (nSPS) is 17.5. The molecule has 82 valence electrons. The minimum absolute atomic E-state index is 0.164. The van der Waals surface area contributed by atoms with Crippen LogP contribution >= 0.6 is 15.9 Å². The molecular weight excluding hydrogens is 256 g/mol. The predicted molar refractivity (Wildman–Crippen MR) is 63.2 cm³/mol. The molecule has 1 N–H and O–H groups in total. The third-order valence-electron chi connectivity index (χ3n) is 3.12. The van der Waals surface area contributed by atoms with Gasteiger partial charge in [0.05, 0.1) is 7.11 Å². The maximum Gasteiger partial charge on any atom is 0.120 e. The van der Waals surface area contributed by atoms with E-state index in [9.17, 15) is 5.11 Å². The van der Waals surface area contributed by atoms with E-state index in [1.54, 1.807) is 7.11 Å². The highest BCUT2D eigenvalue weighted by molar-refractivity contribution is 9.10. The molecule has 0 spiro atoms. The molecule has 1 aromatic rings. The first kappa shape index (κ1) is 11.0. The van der Waals surface area contributed by atoms with Gasteiger partial charge in [0.1, 0.15) is 5.75 Å². The molecule has 1 fully saturated rings. The molecule has 1 saturated carbocycles. The fourth-order valence-electron chi connectivity index (χ4n) is 1.77. The summed E-state index contributed by atoms with van der Waals surface area (Å²) in [6, 6.07) is 6.01. The van der Waals surface area contributed by atoms with Crippen LogP contribution in [0.5, 0.6) is 5.75 Å². The Balaban J connectivity index is 2.15. The Morgan fingerprint density at radius 2 is 2.20 bits per heavy atom. The SMILES string of the molecule is COc1ccc(CC2(CO)CC2)c(Br)c1. The van der Waals surface area contributed by atoms with Crippen LogP contribution in [0.4, 0.5) is 0 Å². The second-order valence-corrected chi connectivity index (χ2v) is 5.15. The van der Waals surface area contributed by atoms with Crippen LogP contribution in [0.15, 0.2) is 22.7 Å². The predicted octanol–water partition coefficient (Wildman–Crippen LogP) is 2.77. The molecule has 1 aliphatic carbocycles. The zero-order chi connectivity index (χ0) is 10.9. The van der Waals surface area contributed by atoms with Crippen LogP contribution in [0.2, 0.25) is 0 Å². The minimum atomic E-state index is 0.164. The number of ether oxygens (including phenoxy) is 1. The molecule has 0 amide bonds. The summed E-state index contributed by atoms with van der Waals surface area (Å²) < 4.78 is 6.21. The van der Waals surface area contributed by atoms with E-state index in [-0.39, 0.29) is 5.41 Å². The van der Waals surface area contributed by atoms with Crippen molar-refractivity contribution in [1.82, 2.24) is 0 Å². The zero-order valence-corrected chi connectivity index (χ0v) is 10.4. The Hall–Kier alpha value is -0.540. The number of rotatable bonds is 4. The average molecular weight is 271 g/mol. The molecule has 2 nitrogen and oxygen atoms in total. The molecule has 0 unspecified atom stereocenters. The van der Waals surface area contributed by atoms with E-state index >= 15 is 0 Å². The summed E-state index contributed by atoms with van der Waals surface area (Å²) in [6.45, 7) is 0.297. The Morgan fingerprint density at radius 3 is 2.67 bits per heavy atom. The highest BCUT2D eigenvalue weighted by Crippen LogP contribution is 2.48. The topological polar surface area (TPSA) is 29.5 Å². The second-order valence-electron chi connectivity index (χ2n) is 4.29. The molecule has 0 bridgehead atoms. The first-order valence-electron chi connectivity index (χ1n) is 5.12. The average Bonchev–Trinajstić information content (AvgIpc) is 3.02. The van der Waals surface area contributed by atoms with Gasteiger partial charge >= 0.3 is 0 Å². The van der Waals surface area contributed by atoms with Gasteiger partial charge in [-0.15, -0.1) is 0 Å². The lowest BCUT2D eigenvalue weighted by Crippen LogP contribution is -2.10. The van der Waals surface area contributed by atoms with Gasteiger partial charge in [-0.1, -0.05) is 22.0 Å². The third-order valence-corrected chi connectivity index (χ3v) is 3.86. The molecule has 15 heavy (non-hydrogen) atoms. The summed E-state index contributed by atoms with van der Waals surface area (Å²) in [7, 11) is 1.66. The quantitative estimate of drug-likeness (QED) is 0.912. The van der Waals surface area contributed by atoms with Crippen molar-refractivity contribution < 1.29 is 9.84 Å². The summed E-state index contributed by atoms with van der Waals surface area (Å²) in [5, 5.41) is 9.27. The van der Waals surface area contributed by atoms with E-state index in [0.717, 1.165) is 29.5 Å². The number of halogens is 1. The first-order valence-corrected chi connectivity index (χ1v) is 5.92. The van der Waals surface area contributed by atoms with Crippen LogP contribution < -0.4 is 4.74 Å². The molecule has 0 saturated heterocycles. The second kappa shape index (κ2) is 4.14. The lowest BCUT2D eigenvalue weighted by atomic mass is 9.97. The highest BCUT2D eigenvalue weighted by atomic mass is 79.9. The maximum atomic E-state index is 9.27. The van der Waals surface area contributed by atoms with Crippen molar-refractivity contribution in [3.05, 3.63) is 28.2 Å². The van der Waals surface area contributed by atoms with Gasteiger partial charge in [-0.2, -0.15) is 0 Å². The Bertz CT molecular complexity index is 359. The van der Waals surface area contributed by atoms with Crippen LogP contribution in [0.25, 0.3) is 0 Å². The largest absolute Gasteiger partial charge is 0.497 e. The standard InChI is InChI=1S/C12H15BrO2/c1-15-10-3-2-9(11(13)6-10)7-12(8-14)4-5-12/h2-3,6,14H,4-5,7-8H2,1H3. The number of aliphatic hydroxyl groups is 1. The molecule has 0 heterocycles. The molecule has 2 rings (SSSR count). The van der Waals surface area contributed by atoms with Gasteiger partial charge in [0, 0.05) is 11.1 Å². The van der Waals surface area contributed by atoms with Crippen molar-refractivity contribution in [2.24, 2.45) is 5.41 Å². The Labute approximate surface area is 98.4 Å². The molecule has 0 aliphatic heterocycles.